The van der Waals surface area contributed by atoms with Crippen molar-refractivity contribution in [2.75, 3.05) is 18.0 Å². The predicted molar refractivity (Wildman–Crippen MR) is 89.9 cm³/mol. The number of aryl methyl sites for hydroxylation is 1. The van der Waals surface area contributed by atoms with E-state index in [4.69, 9.17) is 4.98 Å². The summed E-state index contributed by atoms with van der Waals surface area (Å²) in [4.78, 5) is 16.2. The third-order valence-corrected chi connectivity index (χ3v) is 4.25. The van der Waals surface area contributed by atoms with Gasteiger partial charge in [-0.25, -0.2) is 9.97 Å². The molecule has 2 aromatic heterocycles. The predicted octanol–water partition coefficient (Wildman–Crippen LogP) is 3.73. The van der Waals surface area contributed by atoms with E-state index in [9.17, 15) is 0 Å². The number of aromatic nitrogens is 3. The van der Waals surface area contributed by atoms with E-state index in [1.54, 1.807) is 6.20 Å². The van der Waals surface area contributed by atoms with Crippen LogP contribution in [0.1, 0.15) is 39.3 Å². The van der Waals surface area contributed by atoms with Crippen molar-refractivity contribution in [2.24, 2.45) is 5.41 Å². The molecule has 0 atom stereocenters. The monoisotopic (exact) mass is 296 g/mol. The lowest BCUT2D eigenvalue weighted by molar-refractivity contribution is 0.292. The van der Waals surface area contributed by atoms with Crippen molar-refractivity contribution >= 4 is 5.82 Å². The Labute approximate surface area is 132 Å². The molecule has 0 amide bonds. The highest BCUT2D eigenvalue weighted by Gasteiger charge is 2.27. The molecule has 0 bridgehead atoms. The summed E-state index contributed by atoms with van der Waals surface area (Å²) in [5.41, 5.74) is 2.27. The molecule has 0 saturated carbocycles. The van der Waals surface area contributed by atoms with Gasteiger partial charge in [0.1, 0.15) is 11.5 Å². The van der Waals surface area contributed by atoms with Gasteiger partial charge in [0.2, 0.25) is 0 Å². The van der Waals surface area contributed by atoms with E-state index >= 15 is 0 Å². The van der Waals surface area contributed by atoms with Crippen LogP contribution < -0.4 is 4.90 Å². The first-order chi connectivity index (χ1) is 10.6. The smallest absolute Gasteiger partial charge is 0.180 e. The first-order valence-electron chi connectivity index (χ1n) is 8.12. The lowest BCUT2D eigenvalue weighted by Gasteiger charge is -2.38. The van der Waals surface area contributed by atoms with Crippen LogP contribution in [-0.4, -0.2) is 28.0 Å². The first-order valence-corrected chi connectivity index (χ1v) is 8.12. The summed E-state index contributed by atoms with van der Waals surface area (Å²) in [6.45, 7) is 8.93. The van der Waals surface area contributed by atoms with Gasteiger partial charge in [-0.05, 0) is 36.8 Å². The molecule has 4 heteroatoms. The molecule has 116 valence electrons. The molecule has 1 aliphatic rings. The van der Waals surface area contributed by atoms with E-state index in [2.05, 4.69) is 41.7 Å². The number of anilines is 1. The number of hydrogen-bond donors (Lipinski definition) is 0. The van der Waals surface area contributed by atoms with Crippen molar-refractivity contribution in [2.45, 2.75) is 40.0 Å². The Bertz CT molecular complexity index is 637. The van der Waals surface area contributed by atoms with Gasteiger partial charge in [0.05, 0.1) is 0 Å². The molecule has 22 heavy (non-hydrogen) atoms. The zero-order valence-corrected chi connectivity index (χ0v) is 13.7. The summed E-state index contributed by atoms with van der Waals surface area (Å²) in [5, 5.41) is 0. The van der Waals surface area contributed by atoms with E-state index in [1.165, 1.54) is 12.8 Å². The van der Waals surface area contributed by atoms with Crippen LogP contribution in [0.25, 0.3) is 11.5 Å². The lowest BCUT2D eigenvalue weighted by atomic mass is 9.84. The van der Waals surface area contributed by atoms with Gasteiger partial charge in [-0.1, -0.05) is 26.8 Å². The summed E-state index contributed by atoms with van der Waals surface area (Å²) >= 11 is 0. The summed E-state index contributed by atoms with van der Waals surface area (Å²) in [5.74, 6) is 1.78. The van der Waals surface area contributed by atoms with Crippen molar-refractivity contribution in [1.82, 2.24) is 15.0 Å². The third kappa shape index (κ3) is 3.26. The Balaban J connectivity index is 1.97. The Morgan fingerprint density at radius 2 is 2.09 bits per heavy atom. The van der Waals surface area contributed by atoms with Crippen molar-refractivity contribution in [3.05, 3.63) is 36.2 Å². The molecule has 0 aromatic carbocycles. The molecule has 1 aliphatic heterocycles. The Morgan fingerprint density at radius 1 is 1.23 bits per heavy atom. The number of rotatable bonds is 3. The second-order valence-electron chi connectivity index (χ2n) is 6.80. The van der Waals surface area contributed by atoms with E-state index in [0.29, 0.717) is 5.41 Å². The van der Waals surface area contributed by atoms with Gasteiger partial charge in [0.15, 0.2) is 5.82 Å². The lowest BCUT2D eigenvalue weighted by Crippen LogP contribution is -2.40. The van der Waals surface area contributed by atoms with Crippen LogP contribution in [0, 0.1) is 5.41 Å². The molecular weight excluding hydrogens is 272 g/mol. The normalized spacial score (nSPS) is 17.5. The second-order valence-corrected chi connectivity index (χ2v) is 6.80. The zero-order valence-electron chi connectivity index (χ0n) is 13.7. The van der Waals surface area contributed by atoms with Crippen molar-refractivity contribution in [3.8, 4) is 11.5 Å². The number of piperidine rings is 1. The van der Waals surface area contributed by atoms with Crippen LogP contribution in [0.5, 0.6) is 0 Å². The maximum atomic E-state index is 4.79. The largest absolute Gasteiger partial charge is 0.356 e. The van der Waals surface area contributed by atoms with Crippen LogP contribution in [0.4, 0.5) is 5.82 Å². The number of hydrogen-bond acceptors (Lipinski definition) is 4. The van der Waals surface area contributed by atoms with E-state index in [0.717, 1.165) is 42.5 Å². The minimum absolute atomic E-state index is 0.348. The SMILES string of the molecule is CCc1cc(N2CCCC(C)(C)C2)nc(-c2ccccn2)n1. The maximum Gasteiger partial charge on any atom is 0.180 e. The Kier molecular flexibility index (Phi) is 4.10. The van der Waals surface area contributed by atoms with Crippen LogP contribution in [0.2, 0.25) is 0 Å². The molecule has 4 nitrogen and oxygen atoms in total. The van der Waals surface area contributed by atoms with Gasteiger partial charge in [-0.15, -0.1) is 0 Å². The summed E-state index contributed by atoms with van der Waals surface area (Å²) < 4.78 is 0. The van der Waals surface area contributed by atoms with Gasteiger partial charge in [0, 0.05) is 31.0 Å². The van der Waals surface area contributed by atoms with Crippen LogP contribution in [0.15, 0.2) is 30.5 Å². The number of pyridine rings is 1. The molecule has 3 rings (SSSR count). The minimum atomic E-state index is 0.348. The highest BCUT2D eigenvalue weighted by atomic mass is 15.2. The fourth-order valence-corrected chi connectivity index (χ4v) is 3.05. The quantitative estimate of drug-likeness (QED) is 0.865. The third-order valence-electron chi connectivity index (χ3n) is 4.25. The van der Waals surface area contributed by atoms with E-state index in [-0.39, 0.29) is 0 Å². The van der Waals surface area contributed by atoms with Crippen LogP contribution in [-0.2, 0) is 6.42 Å². The number of nitrogens with zero attached hydrogens (tertiary/aromatic N) is 4. The summed E-state index contributed by atoms with van der Waals surface area (Å²) in [6, 6.07) is 8.00. The van der Waals surface area contributed by atoms with Gasteiger partial charge < -0.3 is 4.90 Å². The Morgan fingerprint density at radius 3 is 2.77 bits per heavy atom. The molecule has 0 N–H and O–H groups in total. The average Bonchev–Trinajstić information content (AvgIpc) is 2.54. The molecule has 0 aliphatic carbocycles. The van der Waals surface area contributed by atoms with Gasteiger partial charge in [0.25, 0.3) is 0 Å². The van der Waals surface area contributed by atoms with Gasteiger partial charge >= 0.3 is 0 Å². The standard InChI is InChI=1S/C18H24N4/c1-4-14-12-16(22-11-7-9-18(2,3)13-22)21-17(20-14)15-8-5-6-10-19-15/h5-6,8,10,12H,4,7,9,11,13H2,1-3H3. The molecule has 1 saturated heterocycles. The van der Waals surface area contributed by atoms with E-state index < -0.39 is 0 Å². The second kappa shape index (κ2) is 6.03. The molecule has 0 radical (unpaired) electrons. The van der Waals surface area contributed by atoms with Crippen molar-refractivity contribution in [1.29, 1.82) is 0 Å². The summed E-state index contributed by atoms with van der Waals surface area (Å²) in [6.07, 6.45) is 5.20. The highest BCUT2D eigenvalue weighted by Crippen LogP contribution is 2.31. The van der Waals surface area contributed by atoms with Crippen LogP contribution >= 0.6 is 0 Å². The van der Waals surface area contributed by atoms with Gasteiger partial charge in [-0.3, -0.25) is 4.98 Å². The van der Waals surface area contributed by atoms with E-state index in [1.807, 2.05) is 18.2 Å². The topological polar surface area (TPSA) is 41.9 Å². The fourth-order valence-electron chi connectivity index (χ4n) is 3.05. The van der Waals surface area contributed by atoms with Crippen molar-refractivity contribution < 1.29 is 0 Å². The minimum Gasteiger partial charge on any atom is -0.356 e. The average molecular weight is 296 g/mol. The van der Waals surface area contributed by atoms with Crippen LogP contribution in [0.3, 0.4) is 0 Å². The van der Waals surface area contributed by atoms with Gasteiger partial charge in [-0.2, -0.15) is 0 Å². The first kappa shape index (κ1) is 14.9. The molecule has 2 aromatic rings. The van der Waals surface area contributed by atoms with Crippen molar-refractivity contribution in [3.63, 3.8) is 0 Å². The Hall–Kier alpha value is -1.97. The summed E-state index contributed by atoms with van der Waals surface area (Å²) in [7, 11) is 0. The molecule has 1 fully saturated rings. The molecular formula is C18H24N4. The zero-order chi connectivity index (χ0) is 15.6. The molecule has 0 unspecified atom stereocenters. The maximum absolute atomic E-state index is 4.79. The molecule has 3 heterocycles. The molecule has 0 spiro atoms. The highest BCUT2D eigenvalue weighted by molar-refractivity contribution is 5.54. The fraction of sp³-hybridized carbons (Fsp3) is 0.500.